The van der Waals surface area contributed by atoms with Crippen LogP contribution in [0.4, 0.5) is 13.2 Å². The van der Waals surface area contributed by atoms with E-state index in [1.807, 2.05) is 6.92 Å². The average Bonchev–Trinajstić information content (AvgIpc) is 2.34. The van der Waals surface area contributed by atoms with E-state index in [1.165, 1.54) is 6.07 Å². The zero-order chi connectivity index (χ0) is 13.8. The Kier molecular flexibility index (Phi) is 5.16. The molecule has 1 unspecified atom stereocenters. The fraction of sp³-hybridized carbons (Fsp3) is 0.538. The van der Waals surface area contributed by atoms with Gasteiger partial charge in [-0.1, -0.05) is 19.1 Å². The van der Waals surface area contributed by atoms with E-state index < -0.39 is 11.7 Å². The van der Waals surface area contributed by atoms with Crippen LogP contribution in [0, 0.1) is 0 Å². The van der Waals surface area contributed by atoms with Gasteiger partial charge in [0, 0.05) is 12.1 Å². The van der Waals surface area contributed by atoms with E-state index in [4.69, 9.17) is 5.11 Å². The lowest BCUT2D eigenvalue weighted by atomic mass is 10.0. The van der Waals surface area contributed by atoms with Crippen LogP contribution < -0.4 is 5.32 Å². The minimum absolute atomic E-state index is 0.0280. The first-order valence-corrected chi connectivity index (χ1v) is 5.92. The minimum atomic E-state index is -4.32. The normalized spacial score (nSPS) is 15.4. The van der Waals surface area contributed by atoms with Gasteiger partial charge in [-0.15, -0.1) is 0 Å². The van der Waals surface area contributed by atoms with E-state index in [0.29, 0.717) is 5.56 Å². The number of nitrogens with one attached hydrogen (secondary N) is 1. The molecule has 0 aliphatic rings. The van der Waals surface area contributed by atoms with Crippen molar-refractivity contribution in [1.29, 1.82) is 0 Å². The van der Waals surface area contributed by atoms with Gasteiger partial charge in [-0.2, -0.15) is 13.2 Å². The first kappa shape index (κ1) is 15.0. The summed E-state index contributed by atoms with van der Waals surface area (Å²) in [5.74, 6) is 0. The molecule has 0 aliphatic carbocycles. The zero-order valence-corrected chi connectivity index (χ0v) is 10.5. The second kappa shape index (κ2) is 6.20. The molecule has 0 spiro atoms. The minimum Gasteiger partial charge on any atom is -0.395 e. The van der Waals surface area contributed by atoms with Crippen LogP contribution in [0.25, 0.3) is 0 Å². The highest BCUT2D eigenvalue weighted by Crippen LogP contribution is 2.30. The van der Waals surface area contributed by atoms with E-state index in [9.17, 15) is 13.2 Å². The summed E-state index contributed by atoms with van der Waals surface area (Å²) in [6.07, 6.45) is -3.60. The maximum Gasteiger partial charge on any atom is 0.416 e. The van der Waals surface area contributed by atoms with Crippen LogP contribution in [0.3, 0.4) is 0 Å². The number of hydrogen-bond acceptors (Lipinski definition) is 2. The second-order valence-corrected chi connectivity index (χ2v) is 4.30. The molecule has 1 rings (SSSR count). The Morgan fingerprint density at radius 2 is 2.00 bits per heavy atom. The summed E-state index contributed by atoms with van der Waals surface area (Å²) in [6.45, 7) is 3.67. The molecular formula is C13H18F3NO. The maximum atomic E-state index is 12.6. The Hall–Kier alpha value is -1.07. The summed E-state index contributed by atoms with van der Waals surface area (Å²) in [5.41, 5.74) is -0.0811. The standard InChI is InChI=1S/C13H18F3NO/c1-3-12(8-18)17-9(2)10-5-4-6-11(7-10)13(14,15)16/h4-7,9,12,17-18H,3,8H2,1-2H3/t9?,12-/m1/s1. The quantitative estimate of drug-likeness (QED) is 0.853. The number of benzene rings is 1. The van der Waals surface area contributed by atoms with Crippen molar-refractivity contribution >= 4 is 0 Å². The average molecular weight is 261 g/mol. The molecule has 0 radical (unpaired) electrons. The van der Waals surface area contributed by atoms with Gasteiger partial charge in [-0.3, -0.25) is 0 Å². The molecule has 0 aliphatic heterocycles. The fourth-order valence-corrected chi connectivity index (χ4v) is 1.73. The van der Waals surface area contributed by atoms with Crippen LogP contribution in [0.1, 0.15) is 37.4 Å². The SMILES string of the molecule is CC[C@H](CO)NC(C)c1cccc(C(F)(F)F)c1. The molecule has 0 amide bonds. The van der Waals surface area contributed by atoms with Crippen LogP contribution in [0.2, 0.25) is 0 Å². The number of hydrogen-bond donors (Lipinski definition) is 2. The van der Waals surface area contributed by atoms with Gasteiger partial charge in [0.05, 0.1) is 12.2 Å². The Balaban J connectivity index is 2.83. The highest BCUT2D eigenvalue weighted by Gasteiger charge is 2.30. The van der Waals surface area contributed by atoms with Crippen molar-refractivity contribution < 1.29 is 18.3 Å². The van der Waals surface area contributed by atoms with E-state index in [0.717, 1.165) is 18.6 Å². The Labute approximate surface area is 105 Å². The summed E-state index contributed by atoms with van der Waals surface area (Å²) < 4.78 is 37.7. The molecule has 18 heavy (non-hydrogen) atoms. The Morgan fingerprint density at radius 1 is 1.33 bits per heavy atom. The molecule has 1 aromatic carbocycles. The highest BCUT2D eigenvalue weighted by molar-refractivity contribution is 5.27. The monoisotopic (exact) mass is 261 g/mol. The van der Waals surface area contributed by atoms with Crippen molar-refractivity contribution in [1.82, 2.24) is 5.32 Å². The summed E-state index contributed by atoms with van der Waals surface area (Å²) >= 11 is 0. The van der Waals surface area contributed by atoms with Crippen molar-refractivity contribution in [2.75, 3.05) is 6.61 Å². The van der Waals surface area contributed by atoms with E-state index in [-0.39, 0.29) is 18.7 Å². The lowest BCUT2D eigenvalue weighted by Crippen LogP contribution is -2.34. The van der Waals surface area contributed by atoms with Crippen LogP contribution in [0.5, 0.6) is 0 Å². The molecule has 0 fully saturated rings. The van der Waals surface area contributed by atoms with Crippen molar-refractivity contribution in [2.45, 2.75) is 38.5 Å². The summed E-state index contributed by atoms with van der Waals surface area (Å²) in [6, 6.07) is 4.91. The third kappa shape index (κ3) is 3.99. The van der Waals surface area contributed by atoms with Gasteiger partial charge in [-0.05, 0) is 31.0 Å². The largest absolute Gasteiger partial charge is 0.416 e. The molecule has 0 heterocycles. The lowest BCUT2D eigenvalue weighted by molar-refractivity contribution is -0.137. The maximum absolute atomic E-state index is 12.6. The predicted molar refractivity (Wildman–Crippen MR) is 64.2 cm³/mol. The van der Waals surface area contributed by atoms with Crippen molar-refractivity contribution in [3.05, 3.63) is 35.4 Å². The fourth-order valence-electron chi connectivity index (χ4n) is 1.73. The summed E-state index contributed by atoms with van der Waals surface area (Å²) in [7, 11) is 0. The van der Waals surface area contributed by atoms with E-state index in [1.54, 1.807) is 13.0 Å². The molecular weight excluding hydrogens is 243 g/mol. The summed E-state index contributed by atoms with van der Waals surface area (Å²) in [4.78, 5) is 0. The molecule has 2 N–H and O–H groups in total. The lowest BCUT2D eigenvalue weighted by Gasteiger charge is -2.21. The molecule has 2 atom stereocenters. The molecule has 1 aromatic rings. The second-order valence-electron chi connectivity index (χ2n) is 4.30. The van der Waals surface area contributed by atoms with Crippen molar-refractivity contribution in [2.24, 2.45) is 0 Å². The van der Waals surface area contributed by atoms with Gasteiger partial charge in [-0.25, -0.2) is 0 Å². The zero-order valence-electron chi connectivity index (χ0n) is 10.5. The molecule has 0 aromatic heterocycles. The van der Waals surface area contributed by atoms with Gasteiger partial charge in [0.1, 0.15) is 0 Å². The summed E-state index contributed by atoms with van der Waals surface area (Å²) in [5, 5.41) is 12.2. The molecule has 102 valence electrons. The molecule has 5 heteroatoms. The smallest absolute Gasteiger partial charge is 0.395 e. The molecule has 2 nitrogen and oxygen atoms in total. The number of alkyl halides is 3. The third-order valence-electron chi connectivity index (χ3n) is 2.91. The number of aliphatic hydroxyl groups is 1. The Bertz CT molecular complexity index is 375. The van der Waals surface area contributed by atoms with Gasteiger partial charge < -0.3 is 10.4 Å². The predicted octanol–water partition coefficient (Wildman–Crippen LogP) is 3.13. The first-order chi connectivity index (χ1) is 8.38. The number of rotatable bonds is 5. The molecule has 0 saturated heterocycles. The molecule has 0 bridgehead atoms. The highest BCUT2D eigenvalue weighted by atomic mass is 19.4. The van der Waals surface area contributed by atoms with Crippen LogP contribution in [0.15, 0.2) is 24.3 Å². The van der Waals surface area contributed by atoms with E-state index in [2.05, 4.69) is 5.32 Å². The van der Waals surface area contributed by atoms with Gasteiger partial charge in [0.2, 0.25) is 0 Å². The van der Waals surface area contributed by atoms with Crippen molar-refractivity contribution in [3.63, 3.8) is 0 Å². The van der Waals surface area contributed by atoms with Crippen molar-refractivity contribution in [3.8, 4) is 0 Å². The van der Waals surface area contributed by atoms with Crippen LogP contribution in [-0.2, 0) is 6.18 Å². The van der Waals surface area contributed by atoms with Gasteiger partial charge in [0.25, 0.3) is 0 Å². The third-order valence-corrected chi connectivity index (χ3v) is 2.91. The molecule has 0 saturated carbocycles. The van der Waals surface area contributed by atoms with E-state index >= 15 is 0 Å². The number of aliphatic hydroxyl groups excluding tert-OH is 1. The van der Waals surface area contributed by atoms with Crippen LogP contribution in [-0.4, -0.2) is 17.8 Å². The Morgan fingerprint density at radius 3 is 2.50 bits per heavy atom. The number of halogens is 3. The van der Waals surface area contributed by atoms with Crippen LogP contribution >= 0.6 is 0 Å². The van der Waals surface area contributed by atoms with Gasteiger partial charge >= 0.3 is 6.18 Å². The first-order valence-electron chi connectivity index (χ1n) is 5.92. The topological polar surface area (TPSA) is 32.3 Å². The van der Waals surface area contributed by atoms with Gasteiger partial charge in [0.15, 0.2) is 0 Å².